The van der Waals surface area contributed by atoms with E-state index in [-0.39, 0.29) is 29.3 Å². The summed E-state index contributed by atoms with van der Waals surface area (Å²) in [6.07, 6.45) is 8.37. The van der Waals surface area contributed by atoms with E-state index in [0.717, 1.165) is 5.56 Å². The Morgan fingerprint density at radius 1 is 1.04 bits per heavy atom. The molecule has 0 aliphatic heterocycles. The Hall–Kier alpha value is -3.88. The van der Waals surface area contributed by atoms with Crippen molar-refractivity contribution in [3.8, 4) is 0 Å². The lowest BCUT2D eigenvalue weighted by atomic mass is 10.2. The Kier molecular flexibility index (Phi) is 6.48. The van der Waals surface area contributed by atoms with Crippen LogP contribution >= 0.6 is 0 Å². The number of anilines is 2. The molecule has 1 aromatic carbocycles. The smallest absolute Gasteiger partial charge is 0.269 e. The van der Waals surface area contributed by atoms with Gasteiger partial charge in [-0.3, -0.25) is 25.0 Å². The van der Waals surface area contributed by atoms with Gasteiger partial charge in [-0.25, -0.2) is 4.98 Å². The maximum Gasteiger partial charge on any atom is 0.269 e. The first kappa shape index (κ1) is 19.4. The number of nitrogens with zero attached hydrogens (tertiary/aromatic N) is 3. The Bertz CT molecular complexity index is 920. The molecule has 2 amide bonds. The van der Waals surface area contributed by atoms with Gasteiger partial charge < -0.3 is 5.32 Å². The van der Waals surface area contributed by atoms with Gasteiger partial charge in [0.15, 0.2) is 0 Å². The third-order valence-electron chi connectivity index (χ3n) is 3.18. The summed E-state index contributed by atoms with van der Waals surface area (Å²) in [5.74, 6) is -0.275. The van der Waals surface area contributed by atoms with Crippen LogP contribution in [0.4, 0.5) is 17.5 Å². The summed E-state index contributed by atoms with van der Waals surface area (Å²) in [6, 6.07) is 6.12. The lowest BCUT2D eigenvalue weighted by Gasteiger charge is -2.07. The van der Waals surface area contributed by atoms with Crippen molar-refractivity contribution in [1.82, 2.24) is 9.97 Å². The molecule has 9 heteroatoms. The molecule has 0 unspecified atom stereocenters. The monoisotopic (exact) mass is 367 g/mol. The minimum Gasteiger partial charge on any atom is -0.310 e. The number of allylic oxidation sites excluding steroid dienone is 2. The third kappa shape index (κ3) is 6.16. The maximum atomic E-state index is 11.3. The zero-order chi connectivity index (χ0) is 19.8. The molecule has 27 heavy (non-hydrogen) atoms. The van der Waals surface area contributed by atoms with Crippen molar-refractivity contribution in [2.75, 3.05) is 10.6 Å². The second-order valence-corrected chi connectivity index (χ2v) is 5.43. The fraction of sp³-hybridized carbons (Fsp3) is 0.111. The number of hydrogen-bond acceptors (Lipinski definition) is 6. The topological polar surface area (TPSA) is 127 Å². The molecule has 0 spiro atoms. The van der Waals surface area contributed by atoms with Crippen molar-refractivity contribution in [1.29, 1.82) is 0 Å². The van der Waals surface area contributed by atoms with Crippen molar-refractivity contribution in [3.63, 3.8) is 0 Å². The Morgan fingerprint density at radius 2 is 1.67 bits per heavy atom. The van der Waals surface area contributed by atoms with Crippen LogP contribution in [-0.4, -0.2) is 26.7 Å². The second kappa shape index (κ2) is 8.99. The van der Waals surface area contributed by atoms with Crippen molar-refractivity contribution in [2.45, 2.75) is 13.8 Å². The molecule has 2 aromatic rings. The average molecular weight is 367 g/mol. The molecule has 1 heterocycles. The SMILES string of the molecule is CC(=O)Nc1ncc(/C=C/C=C/c2ccc([N+](=O)[O-])cc2)c(NC(C)=O)n1. The first-order chi connectivity index (χ1) is 12.8. The number of nitrogens with one attached hydrogen (secondary N) is 2. The predicted octanol–water partition coefficient (Wildman–Crippen LogP) is 3.03. The zero-order valence-electron chi connectivity index (χ0n) is 14.7. The van der Waals surface area contributed by atoms with Gasteiger partial charge in [-0.05, 0) is 23.8 Å². The Morgan fingerprint density at radius 3 is 2.26 bits per heavy atom. The summed E-state index contributed by atoms with van der Waals surface area (Å²) in [5.41, 5.74) is 1.37. The van der Waals surface area contributed by atoms with E-state index < -0.39 is 4.92 Å². The van der Waals surface area contributed by atoms with Crippen molar-refractivity contribution in [3.05, 3.63) is 63.9 Å². The number of rotatable bonds is 6. The standard InChI is InChI=1S/C18H17N5O4/c1-12(24)20-17-15(11-19-18(22-17)21-13(2)25)6-4-3-5-14-7-9-16(10-8-14)23(26)27/h3-11H,1-2H3,(H2,19,20,21,22,24,25)/b5-3+,6-4+. The highest BCUT2D eigenvalue weighted by Crippen LogP contribution is 2.16. The normalized spacial score (nSPS) is 10.9. The molecule has 0 fully saturated rings. The number of hydrogen-bond donors (Lipinski definition) is 2. The number of benzene rings is 1. The van der Waals surface area contributed by atoms with Gasteiger partial charge >= 0.3 is 0 Å². The van der Waals surface area contributed by atoms with Gasteiger partial charge in [0, 0.05) is 37.7 Å². The maximum absolute atomic E-state index is 11.3. The van der Waals surface area contributed by atoms with E-state index >= 15 is 0 Å². The highest BCUT2D eigenvalue weighted by atomic mass is 16.6. The highest BCUT2D eigenvalue weighted by Gasteiger charge is 2.07. The van der Waals surface area contributed by atoms with E-state index in [1.807, 2.05) is 0 Å². The summed E-state index contributed by atoms with van der Waals surface area (Å²) in [7, 11) is 0. The van der Waals surface area contributed by atoms with E-state index in [4.69, 9.17) is 0 Å². The number of amides is 2. The molecule has 2 rings (SSSR count). The number of non-ortho nitro benzene ring substituents is 1. The molecule has 0 aliphatic rings. The Labute approximate surface area is 155 Å². The summed E-state index contributed by atoms with van der Waals surface area (Å²) in [4.78, 5) is 40.7. The Balaban J connectivity index is 2.15. The molecular formula is C18H17N5O4. The minimum absolute atomic E-state index is 0.0269. The van der Waals surface area contributed by atoms with Gasteiger partial charge in [0.2, 0.25) is 17.8 Å². The van der Waals surface area contributed by atoms with Crippen LogP contribution < -0.4 is 10.6 Å². The van der Waals surface area contributed by atoms with Crippen LogP contribution in [0.3, 0.4) is 0 Å². The van der Waals surface area contributed by atoms with Crippen LogP contribution in [0, 0.1) is 10.1 Å². The number of aromatic nitrogens is 2. The number of nitro benzene ring substituents is 1. The summed E-state index contributed by atoms with van der Waals surface area (Å²) >= 11 is 0. The predicted molar refractivity (Wildman–Crippen MR) is 102 cm³/mol. The molecule has 138 valence electrons. The van der Waals surface area contributed by atoms with Crippen molar-refractivity contribution < 1.29 is 14.5 Å². The van der Waals surface area contributed by atoms with E-state index in [1.54, 1.807) is 36.4 Å². The molecule has 0 saturated carbocycles. The second-order valence-electron chi connectivity index (χ2n) is 5.43. The van der Waals surface area contributed by atoms with E-state index in [2.05, 4.69) is 20.6 Å². The fourth-order valence-electron chi connectivity index (χ4n) is 2.03. The van der Waals surface area contributed by atoms with Gasteiger partial charge in [-0.1, -0.05) is 18.2 Å². The lowest BCUT2D eigenvalue weighted by molar-refractivity contribution is -0.384. The molecule has 0 atom stereocenters. The molecule has 0 bridgehead atoms. The van der Waals surface area contributed by atoms with Crippen LogP contribution in [0.5, 0.6) is 0 Å². The molecule has 0 radical (unpaired) electrons. The molecular weight excluding hydrogens is 350 g/mol. The molecule has 1 aromatic heterocycles. The van der Waals surface area contributed by atoms with Gasteiger partial charge in [0.05, 0.1) is 4.92 Å². The van der Waals surface area contributed by atoms with Crippen LogP contribution in [0.25, 0.3) is 12.2 Å². The zero-order valence-corrected chi connectivity index (χ0v) is 14.7. The van der Waals surface area contributed by atoms with E-state index in [1.165, 1.54) is 32.2 Å². The van der Waals surface area contributed by atoms with E-state index in [0.29, 0.717) is 5.56 Å². The molecule has 2 N–H and O–H groups in total. The van der Waals surface area contributed by atoms with Crippen molar-refractivity contribution in [2.24, 2.45) is 0 Å². The third-order valence-corrected chi connectivity index (χ3v) is 3.18. The first-order valence-corrected chi connectivity index (χ1v) is 7.86. The fourth-order valence-corrected chi connectivity index (χ4v) is 2.03. The van der Waals surface area contributed by atoms with Gasteiger partial charge in [-0.15, -0.1) is 0 Å². The van der Waals surface area contributed by atoms with Crippen molar-refractivity contribution >= 4 is 41.4 Å². The van der Waals surface area contributed by atoms with Gasteiger partial charge in [0.1, 0.15) is 5.82 Å². The van der Waals surface area contributed by atoms with Crippen LogP contribution in [0.15, 0.2) is 42.6 Å². The summed E-state index contributed by atoms with van der Waals surface area (Å²) in [5, 5.41) is 15.7. The average Bonchev–Trinajstić information content (AvgIpc) is 2.59. The summed E-state index contributed by atoms with van der Waals surface area (Å²) in [6.45, 7) is 2.68. The number of carbonyl (C=O) groups excluding carboxylic acids is 2. The summed E-state index contributed by atoms with van der Waals surface area (Å²) < 4.78 is 0. The number of carbonyl (C=O) groups is 2. The van der Waals surface area contributed by atoms with Gasteiger partial charge in [-0.2, -0.15) is 4.98 Å². The minimum atomic E-state index is -0.457. The van der Waals surface area contributed by atoms with Crippen LogP contribution in [0.1, 0.15) is 25.0 Å². The largest absolute Gasteiger partial charge is 0.310 e. The molecule has 0 saturated heterocycles. The van der Waals surface area contributed by atoms with E-state index in [9.17, 15) is 19.7 Å². The molecule has 9 nitrogen and oxygen atoms in total. The van der Waals surface area contributed by atoms with Gasteiger partial charge in [0.25, 0.3) is 5.69 Å². The first-order valence-electron chi connectivity index (χ1n) is 7.86. The lowest BCUT2D eigenvalue weighted by Crippen LogP contribution is -2.13. The molecule has 0 aliphatic carbocycles. The quantitative estimate of drug-likeness (QED) is 0.459. The van der Waals surface area contributed by atoms with Crippen LogP contribution in [-0.2, 0) is 9.59 Å². The number of nitro groups is 1. The van der Waals surface area contributed by atoms with Crippen LogP contribution in [0.2, 0.25) is 0 Å². The highest BCUT2D eigenvalue weighted by molar-refractivity contribution is 5.91.